The molecule has 2 saturated heterocycles. The van der Waals surface area contributed by atoms with E-state index < -0.39 is 56.2 Å². The van der Waals surface area contributed by atoms with Crippen LogP contribution in [-0.4, -0.2) is 137 Å². The highest BCUT2D eigenvalue weighted by atomic mass is 32.2. The van der Waals surface area contributed by atoms with Crippen LogP contribution in [0.15, 0.2) is 72.8 Å². The molecule has 4 amide bonds. The predicted molar refractivity (Wildman–Crippen MR) is 281 cm³/mol. The number of carbonyl (C=O) groups is 4. The average Bonchev–Trinajstić information content (AvgIpc) is 4.17. The third kappa shape index (κ3) is 10.5. The fraction of sp³-hybridized carbons (Fsp3) is 0.434. The first-order valence-corrected chi connectivity index (χ1v) is 28.5. The number of methoxy groups -OCH3 is 1. The number of alkyl carbamates (subject to hydrolysis) is 1. The molecule has 4 aliphatic carbocycles. The van der Waals surface area contributed by atoms with Gasteiger partial charge in [0.25, 0.3) is 0 Å². The Labute approximate surface area is 431 Å². The number of ether oxygens (including phenoxy) is 1. The third-order valence-corrected chi connectivity index (χ3v) is 17.0. The molecular formula is C53H64N10O9S2. The number of hydrogen-bond acceptors (Lipinski definition) is 11. The molecule has 0 radical (unpaired) electrons. The maximum atomic E-state index is 14.1. The second-order valence-corrected chi connectivity index (χ2v) is 24.7. The van der Waals surface area contributed by atoms with Crippen molar-refractivity contribution in [3.8, 4) is 22.3 Å². The number of benzene rings is 4. The van der Waals surface area contributed by atoms with Crippen molar-refractivity contribution in [3.05, 3.63) is 107 Å². The second kappa shape index (κ2) is 20.2. The Morgan fingerprint density at radius 3 is 1.66 bits per heavy atom. The number of hydrogen-bond donors (Lipinski definition) is 4. The highest BCUT2D eigenvalue weighted by Crippen LogP contribution is 2.39. The average molecular weight is 1050 g/mol. The van der Waals surface area contributed by atoms with Crippen molar-refractivity contribution in [2.45, 2.75) is 90.9 Å². The zero-order valence-corrected chi connectivity index (χ0v) is 44.7. The Balaban J connectivity index is 0.993. The van der Waals surface area contributed by atoms with E-state index in [1.165, 1.54) is 38.0 Å². The molecule has 6 aliphatic rings. The van der Waals surface area contributed by atoms with Gasteiger partial charge in [0.15, 0.2) is 0 Å². The number of rotatable bonds is 12. The molecule has 4 bridgehead atoms. The maximum Gasteiger partial charge on any atom is 0.407 e. The van der Waals surface area contributed by atoms with Gasteiger partial charge in [0, 0.05) is 20.0 Å². The molecule has 12 rings (SSSR count). The summed E-state index contributed by atoms with van der Waals surface area (Å²) in [6, 6.07) is 22.2. The Bertz CT molecular complexity index is 3430. The van der Waals surface area contributed by atoms with E-state index in [1.54, 1.807) is 13.8 Å². The molecule has 19 nitrogen and oxygen atoms in total. The van der Waals surface area contributed by atoms with Gasteiger partial charge in [-0.15, -0.1) is 0 Å². The fourth-order valence-electron chi connectivity index (χ4n) is 10.5. The SMILES string of the molecule is COC(=O)N[C@H](C(=O)N1CN(S(C)(=O)=O)C[C@H]1c1nc2ccc(-c3cc4ccc3CCc3ccc(c(-c5ccc6nc([C@@H]7CN(S(C)(=O)=O)CN7C(=O)[C@@H](NC(C)=O)C(C)C)[nH]c6c5)c3)[C@H](C)C4)cc2[nH]1)C(C)C. The molecule has 2 fully saturated rings. The van der Waals surface area contributed by atoms with Gasteiger partial charge in [-0.2, -0.15) is 8.61 Å². The Morgan fingerprint density at radius 2 is 1.16 bits per heavy atom. The summed E-state index contributed by atoms with van der Waals surface area (Å²) in [5.41, 5.74) is 11.6. The van der Waals surface area contributed by atoms with Crippen LogP contribution in [0.5, 0.6) is 0 Å². The summed E-state index contributed by atoms with van der Waals surface area (Å²) >= 11 is 0. The largest absolute Gasteiger partial charge is 0.453 e. The number of aromatic amines is 2. The van der Waals surface area contributed by atoms with Crippen LogP contribution in [0.2, 0.25) is 0 Å². The molecule has 5 atom stereocenters. The lowest BCUT2D eigenvalue weighted by molar-refractivity contribution is -0.138. The number of aryl methyl sites for hydroxylation is 2. The van der Waals surface area contributed by atoms with Crippen molar-refractivity contribution < 1.29 is 40.8 Å². The summed E-state index contributed by atoms with van der Waals surface area (Å²) in [5, 5.41) is 5.37. The minimum absolute atomic E-state index is 0.00967. The molecule has 2 aromatic heterocycles. The first-order chi connectivity index (χ1) is 35.0. The molecule has 2 aliphatic heterocycles. The zero-order chi connectivity index (χ0) is 53.1. The van der Waals surface area contributed by atoms with Gasteiger partial charge in [-0.25, -0.2) is 31.6 Å². The smallest absolute Gasteiger partial charge is 0.407 e. The van der Waals surface area contributed by atoms with E-state index in [1.807, 2.05) is 32.0 Å². The molecule has 74 heavy (non-hydrogen) atoms. The quantitative estimate of drug-likeness (QED) is 0.111. The van der Waals surface area contributed by atoms with Gasteiger partial charge in [0.05, 0.1) is 55.0 Å². The van der Waals surface area contributed by atoms with Crippen LogP contribution < -0.4 is 10.6 Å². The van der Waals surface area contributed by atoms with Crippen LogP contribution >= 0.6 is 0 Å². The minimum atomic E-state index is -3.69. The van der Waals surface area contributed by atoms with Gasteiger partial charge in [-0.05, 0) is 106 Å². The number of imidazole rings is 2. The minimum Gasteiger partial charge on any atom is -0.453 e. The van der Waals surface area contributed by atoms with Gasteiger partial charge in [0.1, 0.15) is 35.8 Å². The van der Waals surface area contributed by atoms with E-state index in [0.29, 0.717) is 22.7 Å². The highest BCUT2D eigenvalue weighted by Gasteiger charge is 2.45. The molecule has 21 heteroatoms. The second-order valence-electron chi connectivity index (χ2n) is 20.7. The number of nitrogens with one attached hydrogen (secondary N) is 4. The number of H-pyrrole nitrogens is 2. The lowest BCUT2D eigenvalue weighted by Gasteiger charge is -2.29. The van der Waals surface area contributed by atoms with Crippen LogP contribution in [0.25, 0.3) is 44.3 Å². The number of nitrogens with zero attached hydrogens (tertiary/aromatic N) is 6. The summed E-state index contributed by atoms with van der Waals surface area (Å²) in [6.07, 6.45) is 3.71. The summed E-state index contributed by atoms with van der Waals surface area (Å²) in [5.74, 6) is -0.756. The first kappa shape index (κ1) is 52.2. The number of aromatic nitrogens is 4. The molecule has 4 aromatic carbocycles. The lowest BCUT2D eigenvalue weighted by Crippen LogP contribution is -2.51. The van der Waals surface area contributed by atoms with E-state index in [4.69, 9.17) is 14.7 Å². The Kier molecular flexibility index (Phi) is 14.3. The van der Waals surface area contributed by atoms with E-state index in [-0.39, 0.29) is 56.0 Å². The predicted octanol–water partition coefficient (Wildman–Crippen LogP) is 5.96. The summed E-state index contributed by atoms with van der Waals surface area (Å²) in [7, 11) is -6.13. The van der Waals surface area contributed by atoms with Crippen LogP contribution in [-0.2, 0) is 58.4 Å². The van der Waals surface area contributed by atoms with Gasteiger partial charge >= 0.3 is 6.09 Å². The Hall–Kier alpha value is -6.68. The van der Waals surface area contributed by atoms with Crippen molar-refractivity contribution in [2.24, 2.45) is 11.8 Å². The van der Waals surface area contributed by atoms with Crippen LogP contribution in [0.3, 0.4) is 0 Å². The molecule has 4 heterocycles. The standard InChI is InChI=1S/C53H64N10O9S2/c1-29(2)47(54-32(6)64)51(65)62-27-60(73(8,68)69)25-45(62)49-56-42-19-16-37(24-44(42)58-49)40-21-33-10-13-35-14-11-34(20-31(5)38(40)17-12-33)22-39(35)36-15-18-41-43(23-36)57-50(55-41)46-26-61(74(9,70)71)28-63(46)52(66)48(30(3)4)59-53(67)72-7/h11-12,14-19,21-24,29-31,45-48H,10,13,20,25-28H2,1-9H3,(H,54,64)(H,55,57)(H,56,58)(H,59,67)/t31-,45+,46+,47+,48+/m1/s1. The van der Waals surface area contributed by atoms with E-state index in [9.17, 15) is 36.0 Å². The first-order valence-electron chi connectivity index (χ1n) is 24.8. The van der Waals surface area contributed by atoms with E-state index >= 15 is 0 Å². The highest BCUT2D eigenvalue weighted by molar-refractivity contribution is 7.88. The number of sulfonamides is 2. The van der Waals surface area contributed by atoms with E-state index in [0.717, 1.165) is 81.8 Å². The van der Waals surface area contributed by atoms with Crippen molar-refractivity contribution in [2.75, 3.05) is 46.0 Å². The lowest BCUT2D eigenvalue weighted by atomic mass is 9.83. The van der Waals surface area contributed by atoms with Gasteiger partial charge in [-0.3, -0.25) is 14.4 Å². The molecule has 6 aromatic rings. The fourth-order valence-corrected chi connectivity index (χ4v) is 12.0. The van der Waals surface area contributed by atoms with Gasteiger partial charge < -0.3 is 35.1 Å². The van der Waals surface area contributed by atoms with Crippen molar-refractivity contribution in [1.82, 2.24) is 49.0 Å². The maximum absolute atomic E-state index is 14.1. The summed E-state index contributed by atoms with van der Waals surface area (Å²) < 4.78 is 58.6. The molecule has 0 spiro atoms. The van der Waals surface area contributed by atoms with Gasteiger partial charge in [0.2, 0.25) is 37.8 Å². The number of fused-ring (bicyclic) bond motifs is 2. The topological polar surface area (TPSA) is 240 Å². The Morgan fingerprint density at radius 1 is 0.662 bits per heavy atom. The van der Waals surface area contributed by atoms with Crippen molar-refractivity contribution in [3.63, 3.8) is 0 Å². The molecule has 392 valence electrons. The molecule has 4 N–H and O–H groups in total. The van der Waals surface area contributed by atoms with Crippen LogP contribution in [0.4, 0.5) is 4.79 Å². The van der Waals surface area contributed by atoms with Crippen LogP contribution in [0, 0.1) is 11.8 Å². The van der Waals surface area contributed by atoms with Gasteiger partial charge in [-0.1, -0.05) is 83.1 Å². The van der Waals surface area contributed by atoms with Crippen molar-refractivity contribution in [1.29, 1.82) is 0 Å². The normalized spacial score (nSPS) is 19.6. The zero-order valence-electron chi connectivity index (χ0n) is 43.1. The third-order valence-electron chi connectivity index (χ3n) is 14.6. The number of amides is 4. The van der Waals surface area contributed by atoms with Crippen LogP contribution in [0.1, 0.15) is 93.4 Å². The number of carbonyl (C=O) groups excluding carboxylic acids is 4. The van der Waals surface area contributed by atoms with Crippen molar-refractivity contribution >= 4 is 65.9 Å². The molecule has 0 saturated carbocycles. The molecule has 0 unspecified atom stereocenters. The summed E-state index contributed by atoms with van der Waals surface area (Å²) in [6.45, 7) is 10.5. The molecular weight excluding hydrogens is 985 g/mol. The summed E-state index contributed by atoms with van der Waals surface area (Å²) in [4.78, 5) is 72.1. The monoisotopic (exact) mass is 1050 g/mol. The van der Waals surface area contributed by atoms with E-state index in [2.05, 4.69) is 82.1 Å².